The summed E-state index contributed by atoms with van der Waals surface area (Å²) in [7, 11) is 0. The van der Waals surface area contributed by atoms with Gasteiger partial charge in [0, 0.05) is 16.4 Å². The fourth-order valence-corrected chi connectivity index (χ4v) is 4.75. The molecule has 0 aliphatic heterocycles. The molecule has 2 aromatic heterocycles. The van der Waals surface area contributed by atoms with Crippen LogP contribution in [0.25, 0.3) is 11.4 Å². The predicted molar refractivity (Wildman–Crippen MR) is 135 cm³/mol. The zero-order valence-corrected chi connectivity index (χ0v) is 20.1. The first-order valence-electron chi connectivity index (χ1n) is 11.2. The summed E-state index contributed by atoms with van der Waals surface area (Å²) in [6, 6.07) is 18.0. The van der Waals surface area contributed by atoms with Gasteiger partial charge in [-0.05, 0) is 74.0 Å². The Bertz CT molecular complexity index is 1580. The fourth-order valence-electron chi connectivity index (χ4n) is 4.51. The van der Waals surface area contributed by atoms with E-state index >= 15 is 0 Å². The number of nitrogens with zero attached hydrogens (tertiary/aromatic N) is 2. The van der Waals surface area contributed by atoms with E-state index in [4.69, 9.17) is 11.6 Å². The highest BCUT2D eigenvalue weighted by Gasteiger charge is 2.32. The maximum atomic E-state index is 13.7. The van der Waals surface area contributed by atoms with Crippen LogP contribution in [0, 0.1) is 25.5 Å². The number of H-pyrrole nitrogens is 2. The molecular formula is C27H21ClF2N4O2. The van der Waals surface area contributed by atoms with E-state index in [1.54, 1.807) is 38.1 Å². The third kappa shape index (κ3) is 3.99. The van der Waals surface area contributed by atoms with Crippen molar-refractivity contribution < 1.29 is 8.78 Å². The molecule has 0 aliphatic carbocycles. The van der Waals surface area contributed by atoms with E-state index in [9.17, 15) is 18.4 Å². The number of nitrogens with one attached hydrogen (secondary N) is 2. The van der Waals surface area contributed by atoms with Crippen molar-refractivity contribution in [2.75, 3.05) is 0 Å². The number of hydrogen-bond acceptors (Lipinski definition) is 2. The van der Waals surface area contributed by atoms with E-state index in [0.29, 0.717) is 44.5 Å². The third-order valence-corrected chi connectivity index (χ3v) is 6.54. The number of aromatic nitrogens is 4. The lowest BCUT2D eigenvalue weighted by Gasteiger charge is -2.17. The molecule has 6 nitrogen and oxygen atoms in total. The van der Waals surface area contributed by atoms with Crippen LogP contribution in [0.5, 0.6) is 0 Å². The Kier molecular flexibility index (Phi) is 5.97. The number of hydrogen-bond donors (Lipinski definition) is 2. The normalized spacial score (nSPS) is 11.4. The molecule has 0 saturated carbocycles. The molecular weight excluding hydrogens is 486 g/mol. The van der Waals surface area contributed by atoms with E-state index < -0.39 is 28.7 Å². The summed E-state index contributed by atoms with van der Waals surface area (Å²) < 4.78 is 29.6. The maximum Gasteiger partial charge on any atom is 0.275 e. The molecule has 0 spiro atoms. The van der Waals surface area contributed by atoms with Gasteiger partial charge in [-0.1, -0.05) is 29.8 Å². The SMILES string of the molecule is Cc1[nH]n(-c2ccc(F)cc2)c(=O)c1C(c1ccccc1Cl)c1c(C)[nH]n(-c2ccc(F)cc2)c1=O. The van der Waals surface area contributed by atoms with Crippen molar-refractivity contribution in [2.24, 2.45) is 0 Å². The Morgan fingerprint density at radius 3 is 1.53 bits per heavy atom. The van der Waals surface area contributed by atoms with Crippen LogP contribution in [0.15, 0.2) is 82.4 Å². The van der Waals surface area contributed by atoms with Crippen LogP contribution < -0.4 is 11.1 Å². The highest BCUT2D eigenvalue weighted by atomic mass is 35.5. The average molecular weight is 507 g/mol. The molecule has 0 saturated heterocycles. The summed E-state index contributed by atoms with van der Waals surface area (Å²) in [6.07, 6.45) is 0. The largest absolute Gasteiger partial charge is 0.295 e. The Morgan fingerprint density at radius 2 is 1.11 bits per heavy atom. The lowest BCUT2D eigenvalue weighted by Crippen LogP contribution is -2.25. The minimum Gasteiger partial charge on any atom is -0.295 e. The molecule has 5 rings (SSSR count). The smallest absolute Gasteiger partial charge is 0.275 e. The van der Waals surface area contributed by atoms with Crippen molar-refractivity contribution in [3.8, 4) is 11.4 Å². The number of aryl methyl sites for hydroxylation is 2. The van der Waals surface area contributed by atoms with Crippen LogP contribution in [0.1, 0.15) is 34.0 Å². The molecule has 9 heteroatoms. The summed E-state index contributed by atoms with van der Waals surface area (Å²) in [6.45, 7) is 3.47. The van der Waals surface area contributed by atoms with E-state index in [1.165, 1.54) is 57.9 Å². The lowest BCUT2D eigenvalue weighted by molar-refractivity contribution is 0.626. The summed E-state index contributed by atoms with van der Waals surface area (Å²) in [5.41, 5.74) is 2.41. The quantitative estimate of drug-likeness (QED) is 0.336. The monoisotopic (exact) mass is 506 g/mol. The van der Waals surface area contributed by atoms with Crippen LogP contribution in [-0.4, -0.2) is 19.6 Å². The van der Waals surface area contributed by atoms with Gasteiger partial charge in [0.05, 0.1) is 28.4 Å². The van der Waals surface area contributed by atoms with Crippen LogP contribution in [0.4, 0.5) is 8.78 Å². The van der Waals surface area contributed by atoms with Crippen molar-refractivity contribution >= 4 is 11.6 Å². The second-order valence-electron chi connectivity index (χ2n) is 8.49. The second kappa shape index (κ2) is 9.13. The Labute approximate surface area is 209 Å². The third-order valence-electron chi connectivity index (χ3n) is 6.20. The van der Waals surface area contributed by atoms with Gasteiger partial charge in [-0.25, -0.2) is 18.1 Å². The Balaban J connectivity index is 1.77. The standard InChI is InChI=1S/C27H21ClF2N4O2/c1-15-23(26(35)33(31-15)19-11-7-17(29)8-12-19)25(21-5-3-4-6-22(21)28)24-16(2)32-34(27(24)36)20-13-9-18(30)10-14-20/h3-14,25,31-32H,1-2H3. The molecule has 0 radical (unpaired) electrons. The molecule has 0 bridgehead atoms. The van der Waals surface area contributed by atoms with Gasteiger partial charge in [0.15, 0.2) is 0 Å². The summed E-state index contributed by atoms with van der Waals surface area (Å²) in [4.78, 5) is 27.5. The predicted octanol–water partition coefficient (Wildman–Crippen LogP) is 5.37. The molecule has 0 atom stereocenters. The number of rotatable bonds is 5. The van der Waals surface area contributed by atoms with Crippen LogP contribution >= 0.6 is 11.6 Å². The van der Waals surface area contributed by atoms with Gasteiger partial charge in [-0.3, -0.25) is 19.8 Å². The highest BCUT2D eigenvalue weighted by molar-refractivity contribution is 6.31. The molecule has 36 heavy (non-hydrogen) atoms. The van der Waals surface area contributed by atoms with Gasteiger partial charge in [-0.15, -0.1) is 0 Å². The number of halogens is 3. The van der Waals surface area contributed by atoms with Gasteiger partial charge in [0.2, 0.25) is 0 Å². The minimum atomic E-state index is -0.811. The minimum absolute atomic E-state index is 0.331. The molecule has 2 N–H and O–H groups in total. The van der Waals surface area contributed by atoms with E-state index in [1.807, 2.05) is 0 Å². The van der Waals surface area contributed by atoms with Crippen molar-refractivity contribution in [1.29, 1.82) is 0 Å². The van der Waals surface area contributed by atoms with Crippen molar-refractivity contribution in [3.63, 3.8) is 0 Å². The average Bonchev–Trinajstić information content (AvgIpc) is 3.32. The number of benzene rings is 3. The summed E-state index contributed by atoms with van der Waals surface area (Å²) >= 11 is 6.59. The van der Waals surface area contributed by atoms with Crippen molar-refractivity contribution in [3.05, 3.63) is 138 Å². The van der Waals surface area contributed by atoms with E-state index in [-0.39, 0.29) is 0 Å². The van der Waals surface area contributed by atoms with Gasteiger partial charge >= 0.3 is 0 Å². The van der Waals surface area contributed by atoms with Gasteiger partial charge in [0.1, 0.15) is 11.6 Å². The van der Waals surface area contributed by atoms with Gasteiger partial charge < -0.3 is 0 Å². The fraction of sp³-hybridized carbons (Fsp3) is 0.111. The molecule has 0 fully saturated rings. The first kappa shape index (κ1) is 23.6. The zero-order valence-electron chi connectivity index (χ0n) is 19.4. The van der Waals surface area contributed by atoms with E-state index in [2.05, 4.69) is 10.2 Å². The topological polar surface area (TPSA) is 75.6 Å². The first-order valence-corrected chi connectivity index (χ1v) is 11.5. The number of aromatic amines is 2. The second-order valence-corrected chi connectivity index (χ2v) is 8.90. The van der Waals surface area contributed by atoms with Gasteiger partial charge in [-0.2, -0.15) is 0 Å². The Morgan fingerprint density at radius 1 is 0.694 bits per heavy atom. The van der Waals surface area contributed by atoms with E-state index in [0.717, 1.165) is 0 Å². The molecule has 2 heterocycles. The Hall–Kier alpha value is -4.17. The maximum absolute atomic E-state index is 13.7. The van der Waals surface area contributed by atoms with Crippen LogP contribution in [0.2, 0.25) is 5.02 Å². The molecule has 0 amide bonds. The summed E-state index contributed by atoms with van der Waals surface area (Å²) in [5, 5.41) is 6.49. The first-order chi connectivity index (χ1) is 17.3. The molecule has 0 unspecified atom stereocenters. The van der Waals surface area contributed by atoms with Gasteiger partial charge in [0.25, 0.3) is 11.1 Å². The summed E-state index contributed by atoms with van der Waals surface area (Å²) in [5.74, 6) is -1.66. The molecule has 5 aromatic rings. The molecule has 3 aromatic carbocycles. The lowest BCUT2D eigenvalue weighted by atomic mass is 9.85. The van der Waals surface area contributed by atoms with Crippen molar-refractivity contribution in [2.45, 2.75) is 19.8 Å². The van der Waals surface area contributed by atoms with Crippen LogP contribution in [0.3, 0.4) is 0 Å². The van der Waals surface area contributed by atoms with Crippen molar-refractivity contribution in [1.82, 2.24) is 19.6 Å². The molecule has 182 valence electrons. The molecule has 0 aliphatic rings. The highest BCUT2D eigenvalue weighted by Crippen LogP contribution is 2.36. The zero-order chi connectivity index (χ0) is 25.6. The van der Waals surface area contributed by atoms with Crippen LogP contribution in [-0.2, 0) is 0 Å².